The van der Waals surface area contributed by atoms with E-state index in [1.807, 2.05) is 21.1 Å². The fraction of sp³-hybridized carbons (Fsp3) is 0.898. The number of hydrogen-bond acceptors (Lipinski definition) is 7. The van der Waals surface area contributed by atoms with Crippen LogP contribution < -0.4 is 0 Å². The summed E-state index contributed by atoms with van der Waals surface area (Å²) >= 11 is 0. The molecule has 9 nitrogen and oxygen atoms in total. The van der Waals surface area contributed by atoms with Crippen molar-refractivity contribution >= 4 is 19.8 Å². The van der Waals surface area contributed by atoms with Crippen LogP contribution in [0.2, 0.25) is 0 Å². The Kier molecular flexibility index (Phi) is 50.3. The number of phosphoric ester groups is 1. The van der Waals surface area contributed by atoms with Crippen LogP contribution in [0.4, 0.5) is 0 Å². The van der Waals surface area contributed by atoms with Crippen LogP contribution in [-0.4, -0.2) is 74.9 Å². The van der Waals surface area contributed by atoms with Gasteiger partial charge in [0.05, 0.1) is 27.7 Å². The Labute approximate surface area is 428 Å². The highest BCUT2D eigenvalue weighted by atomic mass is 31.2. The van der Waals surface area contributed by atoms with Gasteiger partial charge in [0.25, 0.3) is 0 Å². The molecule has 0 aromatic rings. The monoisotopic (exact) mass is 997 g/mol. The fourth-order valence-corrected chi connectivity index (χ4v) is 9.38. The van der Waals surface area contributed by atoms with Crippen LogP contribution >= 0.6 is 7.82 Å². The number of hydrogen-bond donors (Lipinski definition) is 1. The van der Waals surface area contributed by atoms with E-state index in [9.17, 15) is 19.0 Å². The van der Waals surface area contributed by atoms with Gasteiger partial charge in [0.2, 0.25) is 0 Å². The molecule has 0 radical (unpaired) electrons. The molecule has 408 valence electrons. The molecule has 0 bridgehead atoms. The second kappa shape index (κ2) is 51.4. The molecule has 69 heavy (non-hydrogen) atoms. The van der Waals surface area contributed by atoms with Gasteiger partial charge >= 0.3 is 19.8 Å². The molecule has 0 aromatic carbocycles. The van der Waals surface area contributed by atoms with Crippen LogP contribution in [0, 0.1) is 0 Å². The third-order valence-electron chi connectivity index (χ3n) is 13.2. The van der Waals surface area contributed by atoms with Crippen molar-refractivity contribution in [1.29, 1.82) is 0 Å². The number of esters is 2. The standard InChI is InChI=1S/C59H114NO8P/c1-6-8-10-12-14-16-18-20-22-24-26-28-29-30-31-32-34-36-38-40-42-44-46-48-50-52-59(62)68-57(56-67-69(63,64)66-54-53-60(3,4)5)55-65-58(61)51-49-47-45-43-41-39-37-35-33-27-25-23-21-19-17-15-13-11-9-7-2/h18,20,24,26,57H,6-17,19,21-23,25,27-56H2,1-5H3/p+1/b20-18-,26-24-. The Balaban J connectivity index is 4.12. The van der Waals surface area contributed by atoms with Crippen LogP contribution in [0.25, 0.3) is 0 Å². The van der Waals surface area contributed by atoms with Gasteiger partial charge in [-0.1, -0.05) is 256 Å². The highest BCUT2D eigenvalue weighted by Gasteiger charge is 2.27. The van der Waals surface area contributed by atoms with E-state index in [2.05, 4.69) is 38.2 Å². The third kappa shape index (κ3) is 55.7. The fourth-order valence-electron chi connectivity index (χ4n) is 8.64. The number of rotatable bonds is 55. The van der Waals surface area contributed by atoms with E-state index in [1.165, 1.54) is 218 Å². The summed E-state index contributed by atoms with van der Waals surface area (Å²) in [6, 6.07) is 0. The molecule has 0 fully saturated rings. The predicted molar refractivity (Wildman–Crippen MR) is 294 cm³/mol. The number of likely N-dealkylation sites (N-methyl/N-ethyl adjacent to an activating group) is 1. The van der Waals surface area contributed by atoms with Gasteiger partial charge in [-0.15, -0.1) is 0 Å². The summed E-state index contributed by atoms with van der Waals surface area (Å²) in [7, 11) is 1.49. The number of unbranched alkanes of at least 4 members (excludes halogenated alkanes) is 37. The topological polar surface area (TPSA) is 108 Å². The molecule has 2 unspecified atom stereocenters. The van der Waals surface area contributed by atoms with Gasteiger partial charge in [-0.2, -0.15) is 0 Å². The number of carbonyl (C=O) groups excluding carboxylic acids is 2. The Morgan fingerprint density at radius 3 is 1.14 bits per heavy atom. The van der Waals surface area contributed by atoms with Crippen molar-refractivity contribution in [3.63, 3.8) is 0 Å². The molecular weight excluding hydrogens is 882 g/mol. The lowest BCUT2D eigenvalue weighted by Crippen LogP contribution is -2.37. The van der Waals surface area contributed by atoms with Crippen molar-refractivity contribution in [2.45, 2.75) is 296 Å². The second-order valence-corrected chi connectivity index (χ2v) is 22.8. The summed E-state index contributed by atoms with van der Waals surface area (Å²) < 4.78 is 34.6. The molecule has 0 heterocycles. The highest BCUT2D eigenvalue weighted by Crippen LogP contribution is 2.43. The first kappa shape index (κ1) is 67.5. The van der Waals surface area contributed by atoms with E-state index >= 15 is 0 Å². The van der Waals surface area contributed by atoms with Crippen molar-refractivity contribution in [2.24, 2.45) is 0 Å². The van der Waals surface area contributed by atoms with Crippen LogP contribution in [0.1, 0.15) is 290 Å². The summed E-state index contributed by atoms with van der Waals surface area (Å²) in [5.41, 5.74) is 0. The first-order valence-electron chi connectivity index (χ1n) is 29.6. The van der Waals surface area contributed by atoms with Gasteiger partial charge in [0, 0.05) is 12.8 Å². The zero-order chi connectivity index (χ0) is 50.6. The Morgan fingerprint density at radius 2 is 0.783 bits per heavy atom. The molecule has 10 heteroatoms. The molecule has 0 saturated carbocycles. The average molecular weight is 998 g/mol. The Morgan fingerprint density at radius 1 is 0.449 bits per heavy atom. The maximum Gasteiger partial charge on any atom is 0.472 e. The minimum Gasteiger partial charge on any atom is -0.462 e. The largest absolute Gasteiger partial charge is 0.472 e. The number of phosphoric acid groups is 1. The zero-order valence-electron chi connectivity index (χ0n) is 46.3. The van der Waals surface area contributed by atoms with Gasteiger partial charge in [-0.3, -0.25) is 18.6 Å². The van der Waals surface area contributed by atoms with E-state index in [1.54, 1.807) is 0 Å². The molecular formula is C59H115NO8P+. The molecule has 0 aliphatic carbocycles. The number of ether oxygens (including phenoxy) is 2. The normalized spacial score (nSPS) is 13.4. The van der Waals surface area contributed by atoms with Crippen LogP contribution in [0.5, 0.6) is 0 Å². The van der Waals surface area contributed by atoms with Gasteiger partial charge in [0.15, 0.2) is 6.10 Å². The molecule has 0 aromatic heterocycles. The lowest BCUT2D eigenvalue weighted by molar-refractivity contribution is -0.870. The van der Waals surface area contributed by atoms with E-state index in [0.717, 1.165) is 38.5 Å². The number of carbonyl (C=O) groups is 2. The minimum atomic E-state index is -4.38. The van der Waals surface area contributed by atoms with E-state index in [4.69, 9.17) is 18.5 Å². The SMILES string of the molecule is CCCCCCC/C=C\C/C=C\CCCCCCCCCCCCCCCC(=O)OC(COC(=O)CCCCCCCCCCCCCCCCCCCCCC)COP(=O)(O)OCC[N+](C)(C)C. The van der Waals surface area contributed by atoms with Crippen molar-refractivity contribution in [2.75, 3.05) is 47.5 Å². The van der Waals surface area contributed by atoms with E-state index < -0.39 is 26.5 Å². The smallest absolute Gasteiger partial charge is 0.462 e. The maximum atomic E-state index is 12.8. The molecule has 0 saturated heterocycles. The van der Waals surface area contributed by atoms with Crippen molar-refractivity contribution in [1.82, 2.24) is 0 Å². The molecule has 1 N–H and O–H groups in total. The number of allylic oxidation sites excluding steroid dienone is 4. The zero-order valence-corrected chi connectivity index (χ0v) is 47.2. The van der Waals surface area contributed by atoms with Crippen molar-refractivity contribution < 1.29 is 42.1 Å². The Hall–Kier alpha value is -1.51. The molecule has 0 amide bonds. The minimum absolute atomic E-state index is 0.0345. The summed E-state index contributed by atoms with van der Waals surface area (Å²) in [6.45, 7) is 4.48. The molecule has 0 aliphatic heterocycles. The summed E-state index contributed by atoms with van der Waals surface area (Å²) in [6.07, 6.45) is 61.0. The lowest BCUT2D eigenvalue weighted by atomic mass is 10.0. The summed E-state index contributed by atoms with van der Waals surface area (Å²) in [4.78, 5) is 35.7. The van der Waals surface area contributed by atoms with Crippen molar-refractivity contribution in [3.8, 4) is 0 Å². The average Bonchev–Trinajstić information content (AvgIpc) is 3.31. The quantitative estimate of drug-likeness (QED) is 0.0211. The van der Waals surface area contributed by atoms with Crippen LogP contribution in [-0.2, 0) is 32.7 Å². The van der Waals surface area contributed by atoms with Gasteiger partial charge in [0.1, 0.15) is 19.8 Å². The van der Waals surface area contributed by atoms with Gasteiger partial charge in [-0.05, 0) is 44.9 Å². The Bertz CT molecular complexity index is 1220. The maximum absolute atomic E-state index is 12.8. The molecule has 0 aliphatic rings. The summed E-state index contributed by atoms with van der Waals surface area (Å²) in [5.74, 6) is -0.781. The number of quaternary nitrogens is 1. The van der Waals surface area contributed by atoms with Crippen LogP contribution in [0.3, 0.4) is 0 Å². The first-order valence-corrected chi connectivity index (χ1v) is 31.1. The second-order valence-electron chi connectivity index (χ2n) is 21.4. The van der Waals surface area contributed by atoms with Crippen molar-refractivity contribution in [3.05, 3.63) is 24.3 Å². The van der Waals surface area contributed by atoms with E-state index in [0.29, 0.717) is 23.9 Å². The molecule has 0 rings (SSSR count). The molecule has 0 spiro atoms. The highest BCUT2D eigenvalue weighted by molar-refractivity contribution is 7.47. The summed E-state index contributed by atoms with van der Waals surface area (Å²) in [5, 5.41) is 0. The lowest BCUT2D eigenvalue weighted by Gasteiger charge is -2.24. The first-order chi connectivity index (χ1) is 33.5. The van der Waals surface area contributed by atoms with Gasteiger partial charge in [-0.25, -0.2) is 4.57 Å². The van der Waals surface area contributed by atoms with E-state index in [-0.39, 0.29) is 25.6 Å². The number of nitrogens with zero attached hydrogens (tertiary/aromatic N) is 1. The predicted octanol–water partition coefficient (Wildman–Crippen LogP) is 18.2. The molecule has 2 atom stereocenters. The van der Waals surface area contributed by atoms with Gasteiger partial charge < -0.3 is 18.9 Å². The third-order valence-corrected chi connectivity index (χ3v) is 14.2. The van der Waals surface area contributed by atoms with Crippen LogP contribution in [0.15, 0.2) is 24.3 Å².